The fourth-order valence-corrected chi connectivity index (χ4v) is 2.94. The Labute approximate surface area is 99.7 Å². The van der Waals surface area contributed by atoms with Gasteiger partial charge in [-0.2, -0.15) is 0 Å². The number of hydrogen-bond donors (Lipinski definition) is 1. The summed E-state index contributed by atoms with van der Waals surface area (Å²) in [5, 5.41) is 11.8. The Balaban J connectivity index is 2.05. The average molecular weight is 239 g/mol. The van der Waals surface area contributed by atoms with Crippen molar-refractivity contribution in [3.63, 3.8) is 0 Å². The average Bonchev–Trinajstić information content (AvgIpc) is 2.71. The van der Waals surface area contributed by atoms with Gasteiger partial charge in [0.2, 0.25) is 0 Å². The number of likely N-dealkylation sites (tertiary alicyclic amines) is 1. The molecule has 3 nitrogen and oxygen atoms in total. The van der Waals surface area contributed by atoms with Crippen LogP contribution in [0, 0.1) is 0 Å². The molecule has 0 atom stereocenters. The largest absolute Gasteiger partial charge is 0.386 e. The maximum Gasteiger partial charge on any atom is 0.264 e. The van der Waals surface area contributed by atoms with Crippen LogP contribution in [0.25, 0.3) is 0 Å². The molecule has 0 bridgehead atoms. The maximum absolute atomic E-state index is 12.1. The zero-order valence-electron chi connectivity index (χ0n) is 9.69. The first kappa shape index (κ1) is 11.6. The van der Waals surface area contributed by atoms with Crippen LogP contribution in [0.15, 0.2) is 11.4 Å². The number of β-amino-alcohol motifs (C(OH)–C–C–N with tert-alkyl or cyclic N) is 1. The van der Waals surface area contributed by atoms with Crippen LogP contribution in [0.5, 0.6) is 0 Å². The summed E-state index contributed by atoms with van der Waals surface area (Å²) in [6.07, 6.45) is 1.60. The van der Waals surface area contributed by atoms with E-state index in [4.69, 9.17) is 0 Å². The van der Waals surface area contributed by atoms with Crippen molar-refractivity contribution >= 4 is 17.2 Å². The van der Waals surface area contributed by atoms with Crippen molar-refractivity contribution in [2.75, 3.05) is 13.1 Å². The molecule has 88 valence electrons. The van der Waals surface area contributed by atoms with E-state index in [9.17, 15) is 9.90 Å². The molecule has 1 aliphatic rings. The van der Waals surface area contributed by atoms with Crippen molar-refractivity contribution < 1.29 is 9.90 Å². The van der Waals surface area contributed by atoms with E-state index in [0.717, 1.165) is 16.9 Å². The standard InChI is InChI=1S/C12H17NO2S/c1-3-9-5-6-16-10(9)11(14)13-7-12(15,4-2)8-13/h5-6,15H,3-4,7-8H2,1-2H3. The topological polar surface area (TPSA) is 40.5 Å². The molecule has 0 saturated carbocycles. The van der Waals surface area contributed by atoms with E-state index in [0.29, 0.717) is 19.5 Å². The predicted octanol–water partition coefficient (Wildman–Crippen LogP) is 1.91. The van der Waals surface area contributed by atoms with Crippen LogP contribution in [0.3, 0.4) is 0 Å². The Morgan fingerprint density at radius 3 is 2.81 bits per heavy atom. The lowest BCUT2D eigenvalue weighted by molar-refractivity contribution is -0.0825. The van der Waals surface area contributed by atoms with Gasteiger partial charge in [-0.15, -0.1) is 11.3 Å². The Bertz CT molecular complexity index is 393. The second-order valence-corrected chi connectivity index (χ2v) is 5.28. The lowest BCUT2D eigenvalue weighted by Crippen LogP contribution is -2.63. The minimum absolute atomic E-state index is 0.0741. The molecule has 0 radical (unpaired) electrons. The highest BCUT2D eigenvalue weighted by molar-refractivity contribution is 7.12. The van der Waals surface area contributed by atoms with Crippen molar-refractivity contribution in [1.82, 2.24) is 4.90 Å². The second kappa shape index (κ2) is 4.18. The van der Waals surface area contributed by atoms with E-state index in [-0.39, 0.29) is 5.91 Å². The van der Waals surface area contributed by atoms with Crippen molar-refractivity contribution in [1.29, 1.82) is 0 Å². The van der Waals surface area contributed by atoms with Crippen LogP contribution in [-0.2, 0) is 6.42 Å². The van der Waals surface area contributed by atoms with Gasteiger partial charge in [-0.3, -0.25) is 4.79 Å². The Morgan fingerprint density at radius 1 is 1.56 bits per heavy atom. The molecule has 0 aromatic carbocycles. The number of rotatable bonds is 3. The zero-order chi connectivity index (χ0) is 11.8. The highest BCUT2D eigenvalue weighted by Gasteiger charge is 2.42. The number of thiophene rings is 1. The molecule has 1 fully saturated rings. The summed E-state index contributed by atoms with van der Waals surface area (Å²) >= 11 is 1.49. The molecule has 4 heteroatoms. The summed E-state index contributed by atoms with van der Waals surface area (Å²) in [5.41, 5.74) is 0.473. The normalized spacial score (nSPS) is 18.3. The highest BCUT2D eigenvalue weighted by atomic mass is 32.1. The highest BCUT2D eigenvalue weighted by Crippen LogP contribution is 2.28. The van der Waals surface area contributed by atoms with Crippen molar-refractivity contribution in [2.24, 2.45) is 0 Å². The first-order valence-corrected chi connectivity index (χ1v) is 6.55. The predicted molar refractivity (Wildman–Crippen MR) is 64.8 cm³/mol. The Morgan fingerprint density at radius 2 is 2.25 bits per heavy atom. The summed E-state index contributed by atoms with van der Waals surface area (Å²) < 4.78 is 0. The molecule has 2 heterocycles. The molecule has 1 aromatic rings. The van der Waals surface area contributed by atoms with Crippen LogP contribution in [0.1, 0.15) is 35.5 Å². The van der Waals surface area contributed by atoms with Gasteiger partial charge in [0.05, 0.1) is 23.6 Å². The molecule has 1 N–H and O–H groups in total. The lowest BCUT2D eigenvalue weighted by Gasteiger charge is -2.46. The molecule has 1 amide bonds. The number of carbonyl (C=O) groups is 1. The van der Waals surface area contributed by atoms with Crippen LogP contribution in [0.4, 0.5) is 0 Å². The minimum Gasteiger partial charge on any atom is -0.386 e. The number of aryl methyl sites for hydroxylation is 1. The molecule has 1 saturated heterocycles. The SMILES string of the molecule is CCc1ccsc1C(=O)N1CC(O)(CC)C1. The smallest absolute Gasteiger partial charge is 0.264 e. The van der Waals surface area contributed by atoms with E-state index in [1.165, 1.54) is 11.3 Å². The van der Waals surface area contributed by atoms with Gasteiger partial charge in [-0.05, 0) is 29.9 Å². The monoisotopic (exact) mass is 239 g/mol. The van der Waals surface area contributed by atoms with Crippen molar-refractivity contribution in [2.45, 2.75) is 32.3 Å². The molecular formula is C12H17NO2S. The zero-order valence-corrected chi connectivity index (χ0v) is 10.5. The summed E-state index contributed by atoms with van der Waals surface area (Å²) in [7, 11) is 0. The van der Waals surface area contributed by atoms with Gasteiger partial charge in [-0.1, -0.05) is 13.8 Å². The van der Waals surface area contributed by atoms with Gasteiger partial charge in [-0.25, -0.2) is 0 Å². The number of nitrogens with zero attached hydrogens (tertiary/aromatic N) is 1. The van der Waals surface area contributed by atoms with E-state index < -0.39 is 5.60 Å². The van der Waals surface area contributed by atoms with E-state index in [1.54, 1.807) is 4.90 Å². The summed E-state index contributed by atoms with van der Waals surface area (Å²) in [5.74, 6) is 0.0741. The van der Waals surface area contributed by atoms with Gasteiger partial charge < -0.3 is 10.0 Å². The van der Waals surface area contributed by atoms with E-state index >= 15 is 0 Å². The van der Waals surface area contributed by atoms with Gasteiger partial charge in [0.1, 0.15) is 0 Å². The van der Waals surface area contributed by atoms with Crippen LogP contribution < -0.4 is 0 Å². The van der Waals surface area contributed by atoms with E-state index in [1.807, 2.05) is 18.4 Å². The van der Waals surface area contributed by atoms with E-state index in [2.05, 4.69) is 6.92 Å². The first-order chi connectivity index (χ1) is 7.59. The fraction of sp³-hybridized carbons (Fsp3) is 0.583. The third kappa shape index (κ3) is 1.87. The number of carbonyl (C=O) groups excluding carboxylic acids is 1. The lowest BCUT2D eigenvalue weighted by atomic mass is 9.91. The molecule has 0 unspecified atom stereocenters. The molecule has 1 aromatic heterocycles. The molecule has 16 heavy (non-hydrogen) atoms. The number of amides is 1. The number of hydrogen-bond acceptors (Lipinski definition) is 3. The van der Waals surface area contributed by atoms with Crippen LogP contribution in [0.2, 0.25) is 0 Å². The van der Waals surface area contributed by atoms with Gasteiger partial charge in [0.25, 0.3) is 5.91 Å². The summed E-state index contributed by atoms with van der Waals surface area (Å²) in [4.78, 5) is 14.7. The second-order valence-electron chi connectivity index (χ2n) is 4.37. The quantitative estimate of drug-likeness (QED) is 0.875. The van der Waals surface area contributed by atoms with Crippen LogP contribution in [-0.4, -0.2) is 34.6 Å². The van der Waals surface area contributed by atoms with Crippen LogP contribution >= 0.6 is 11.3 Å². The third-order valence-corrected chi connectivity index (χ3v) is 4.18. The van der Waals surface area contributed by atoms with Crippen molar-refractivity contribution in [3.8, 4) is 0 Å². The maximum atomic E-state index is 12.1. The first-order valence-electron chi connectivity index (χ1n) is 5.67. The third-order valence-electron chi connectivity index (χ3n) is 3.24. The molecule has 0 spiro atoms. The Hall–Kier alpha value is -0.870. The molecular weight excluding hydrogens is 222 g/mol. The molecule has 2 rings (SSSR count). The fourth-order valence-electron chi connectivity index (χ4n) is 1.98. The Kier molecular flexibility index (Phi) is 3.04. The molecule has 0 aliphatic carbocycles. The van der Waals surface area contributed by atoms with Gasteiger partial charge in [0.15, 0.2) is 0 Å². The molecule has 1 aliphatic heterocycles. The summed E-state index contributed by atoms with van der Waals surface area (Å²) in [6, 6.07) is 2.00. The van der Waals surface area contributed by atoms with Gasteiger partial charge in [0, 0.05) is 0 Å². The minimum atomic E-state index is -0.640. The number of aliphatic hydroxyl groups is 1. The summed E-state index contributed by atoms with van der Waals surface area (Å²) in [6.45, 7) is 4.95. The van der Waals surface area contributed by atoms with Gasteiger partial charge >= 0.3 is 0 Å². The van der Waals surface area contributed by atoms with Crippen molar-refractivity contribution in [3.05, 3.63) is 21.9 Å².